The van der Waals surface area contributed by atoms with Crippen LogP contribution in [0, 0.1) is 11.8 Å². The highest BCUT2D eigenvalue weighted by molar-refractivity contribution is 5.76. The molecular formula is C11H24N2O2. The number of hydrogen-bond donors (Lipinski definition) is 3. The molecule has 2 unspecified atom stereocenters. The maximum atomic E-state index is 11.4. The molecule has 1 amide bonds. The van der Waals surface area contributed by atoms with Gasteiger partial charge < -0.3 is 16.2 Å². The number of nitrogens with one attached hydrogen (secondary N) is 1. The molecule has 0 spiro atoms. The Morgan fingerprint density at radius 1 is 1.40 bits per heavy atom. The van der Waals surface area contributed by atoms with Crippen LogP contribution in [0.1, 0.15) is 33.6 Å². The molecule has 4 nitrogen and oxygen atoms in total. The van der Waals surface area contributed by atoms with E-state index in [9.17, 15) is 4.79 Å². The van der Waals surface area contributed by atoms with Gasteiger partial charge in [0, 0.05) is 13.0 Å². The van der Waals surface area contributed by atoms with Gasteiger partial charge in [0.15, 0.2) is 0 Å². The SMILES string of the molecule is CC(C)CC(CN)CC(=O)NCC(C)O. The van der Waals surface area contributed by atoms with Crippen LogP contribution in [-0.4, -0.2) is 30.2 Å². The first-order valence-electron chi connectivity index (χ1n) is 5.60. The lowest BCUT2D eigenvalue weighted by Crippen LogP contribution is -2.33. The summed E-state index contributed by atoms with van der Waals surface area (Å²) in [5, 5.41) is 11.7. The molecular weight excluding hydrogens is 192 g/mol. The van der Waals surface area contributed by atoms with Gasteiger partial charge in [0.25, 0.3) is 0 Å². The lowest BCUT2D eigenvalue weighted by atomic mass is 9.94. The molecule has 0 rings (SSSR count). The Morgan fingerprint density at radius 3 is 2.40 bits per heavy atom. The maximum absolute atomic E-state index is 11.4. The van der Waals surface area contributed by atoms with E-state index in [2.05, 4.69) is 19.2 Å². The molecule has 4 N–H and O–H groups in total. The Hall–Kier alpha value is -0.610. The van der Waals surface area contributed by atoms with Gasteiger partial charge in [-0.2, -0.15) is 0 Å². The first kappa shape index (κ1) is 14.4. The number of aliphatic hydroxyl groups excluding tert-OH is 1. The topological polar surface area (TPSA) is 75.4 Å². The Bertz CT molecular complexity index is 181. The number of hydrogen-bond acceptors (Lipinski definition) is 3. The van der Waals surface area contributed by atoms with E-state index < -0.39 is 6.10 Å². The van der Waals surface area contributed by atoms with Crippen molar-refractivity contribution in [3.05, 3.63) is 0 Å². The molecule has 90 valence electrons. The second-order valence-electron chi connectivity index (χ2n) is 4.59. The van der Waals surface area contributed by atoms with E-state index >= 15 is 0 Å². The summed E-state index contributed by atoms with van der Waals surface area (Å²) < 4.78 is 0. The van der Waals surface area contributed by atoms with Crippen LogP contribution in [0.4, 0.5) is 0 Å². The zero-order valence-corrected chi connectivity index (χ0v) is 9.99. The fourth-order valence-corrected chi connectivity index (χ4v) is 1.53. The van der Waals surface area contributed by atoms with Gasteiger partial charge in [-0.05, 0) is 31.7 Å². The van der Waals surface area contributed by atoms with Gasteiger partial charge in [0.2, 0.25) is 5.91 Å². The van der Waals surface area contributed by atoms with Gasteiger partial charge >= 0.3 is 0 Å². The number of carbonyl (C=O) groups excluding carboxylic acids is 1. The number of carbonyl (C=O) groups is 1. The van der Waals surface area contributed by atoms with Gasteiger partial charge in [-0.1, -0.05) is 13.8 Å². The predicted octanol–water partition coefficient (Wildman–Crippen LogP) is 0.495. The molecule has 0 aromatic carbocycles. The van der Waals surface area contributed by atoms with E-state index in [1.807, 2.05) is 0 Å². The predicted molar refractivity (Wildman–Crippen MR) is 61.3 cm³/mol. The number of amides is 1. The number of rotatable bonds is 7. The first-order chi connectivity index (χ1) is 6.95. The van der Waals surface area contributed by atoms with Crippen LogP contribution in [0.15, 0.2) is 0 Å². The third-order valence-corrected chi connectivity index (χ3v) is 2.21. The zero-order valence-electron chi connectivity index (χ0n) is 9.99. The number of nitrogens with two attached hydrogens (primary N) is 1. The molecule has 0 radical (unpaired) electrons. The second kappa shape index (κ2) is 7.65. The van der Waals surface area contributed by atoms with E-state index in [-0.39, 0.29) is 11.8 Å². The standard InChI is InChI=1S/C11H24N2O2/c1-8(2)4-10(6-12)5-11(15)13-7-9(3)14/h8-10,14H,4-7,12H2,1-3H3,(H,13,15). The summed E-state index contributed by atoms with van der Waals surface area (Å²) in [6, 6.07) is 0. The molecule has 0 aliphatic carbocycles. The molecule has 15 heavy (non-hydrogen) atoms. The molecule has 0 aliphatic heterocycles. The average molecular weight is 216 g/mol. The van der Waals surface area contributed by atoms with Gasteiger partial charge in [-0.25, -0.2) is 0 Å². The molecule has 0 saturated heterocycles. The van der Waals surface area contributed by atoms with Crippen LogP contribution in [-0.2, 0) is 4.79 Å². The minimum Gasteiger partial charge on any atom is -0.392 e. The molecule has 0 bridgehead atoms. The van der Waals surface area contributed by atoms with Crippen molar-refractivity contribution in [3.8, 4) is 0 Å². The number of aliphatic hydroxyl groups is 1. The van der Waals surface area contributed by atoms with Crippen molar-refractivity contribution >= 4 is 5.91 Å². The quantitative estimate of drug-likeness (QED) is 0.580. The molecule has 2 atom stereocenters. The highest BCUT2D eigenvalue weighted by atomic mass is 16.3. The smallest absolute Gasteiger partial charge is 0.220 e. The largest absolute Gasteiger partial charge is 0.392 e. The summed E-state index contributed by atoms with van der Waals surface area (Å²) in [5.74, 6) is 0.786. The summed E-state index contributed by atoms with van der Waals surface area (Å²) in [5.41, 5.74) is 5.60. The third kappa shape index (κ3) is 8.39. The van der Waals surface area contributed by atoms with Crippen LogP contribution < -0.4 is 11.1 Å². The summed E-state index contributed by atoms with van der Waals surface area (Å²) in [7, 11) is 0. The summed E-state index contributed by atoms with van der Waals surface area (Å²) in [4.78, 5) is 11.4. The van der Waals surface area contributed by atoms with E-state index in [1.165, 1.54) is 0 Å². The van der Waals surface area contributed by atoms with Crippen molar-refractivity contribution in [2.24, 2.45) is 17.6 Å². The monoisotopic (exact) mass is 216 g/mol. The van der Waals surface area contributed by atoms with Crippen molar-refractivity contribution < 1.29 is 9.90 Å². The molecule has 0 saturated carbocycles. The van der Waals surface area contributed by atoms with Gasteiger partial charge in [-0.3, -0.25) is 4.79 Å². The van der Waals surface area contributed by atoms with Crippen LogP contribution in [0.2, 0.25) is 0 Å². The summed E-state index contributed by atoms with van der Waals surface area (Å²) >= 11 is 0. The molecule has 0 aromatic heterocycles. The maximum Gasteiger partial charge on any atom is 0.220 e. The van der Waals surface area contributed by atoms with Crippen LogP contribution in [0.25, 0.3) is 0 Å². The zero-order chi connectivity index (χ0) is 11.8. The Balaban J connectivity index is 3.80. The van der Waals surface area contributed by atoms with Crippen molar-refractivity contribution in [2.45, 2.75) is 39.7 Å². The molecule has 4 heteroatoms. The van der Waals surface area contributed by atoms with E-state index in [1.54, 1.807) is 6.92 Å². The summed E-state index contributed by atoms with van der Waals surface area (Å²) in [6.45, 7) is 6.75. The highest BCUT2D eigenvalue weighted by Gasteiger charge is 2.13. The molecule has 0 heterocycles. The van der Waals surface area contributed by atoms with Crippen molar-refractivity contribution in [1.82, 2.24) is 5.32 Å². The van der Waals surface area contributed by atoms with Gasteiger partial charge in [0.05, 0.1) is 6.10 Å². The van der Waals surface area contributed by atoms with Crippen molar-refractivity contribution in [1.29, 1.82) is 0 Å². The highest BCUT2D eigenvalue weighted by Crippen LogP contribution is 2.13. The van der Waals surface area contributed by atoms with Crippen LogP contribution in [0.5, 0.6) is 0 Å². The van der Waals surface area contributed by atoms with Gasteiger partial charge in [-0.15, -0.1) is 0 Å². The Kier molecular flexibility index (Phi) is 7.34. The van der Waals surface area contributed by atoms with Gasteiger partial charge in [0.1, 0.15) is 0 Å². The average Bonchev–Trinajstić information content (AvgIpc) is 2.13. The third-order valence-electron chi connectivity index (χ3n) is 2.21. The fraction of sp³-hybridized carbons (Fsp3) is 0.909. The first-order valence-corrected chi connectivity index (χ1v) is 5.60. The lowest BCUT2D eigenvalue weighted by molar-refractivity contribution is -0.122. The Labute approximate surface area is 92.2 Å². The molecule has 0 aromatic rings. The van der Waals surface area contributed by atoms with Crippen molar-refractivity contribution in [2.75, 3.05) is 13.1 Å². The minimum absolute atomic E-state index is 0.0213. The fourth-order valence-electron chi connectivity index (χ4n) is 1.53. The molecule has 0 aliphatic rings. The van der Waals surface area contributed by atoms with Crippen LogP contribution in [0.3, 0.4) is 0 Å². The van der Waals surface area contributed by atoms with E-state index in [0.717, 1.165) is 6.42 Å². The Morgan fingerprint density at radius 2 is 2.00 bits per heavy atom. The second-order valence-corrected chi connectivity index (χ2v) is 4.59. The summed E-state index contributed by atoms with van der Waals surface area (Å²) in [6.07, 6.45) is 0.940. The van der Waals surface area contributed by atoms with Crippen molar-refractivity contribution in [3.63, 3.8) is 0 Å². The normalized spacial score (nSPS) is 15.1. The molecule has 0 fully saturated rings. The van der Waals surface area contributed by atoms with Crippen LogP contribution >= 0.6 is 0 Å². The van der Waals surface area contributed by atoms with E-state index in [4.69, 9.17) is 10.8 Å². The van der Waals surface area contributed by atoms with E-state index in [0.29, 0.717) is 25.4 Å². The lowest BCUT2D eigenvalue weighted by Gasteiger charge is -2.16. The minimum atomic E-state index is -0.490.